The van der Waals surface area contributed by atoms with E-state index in [-0.39, 0.29) is 30.4 Å². The summed E-state index contributed by atoms with van der Waals surface area (Å²) in [7, 11) is 0. The van der Waals surface area contributed by atoms with Crippen molar-refractivity contribution in [3.63, 3.8) is 0 Å². The van der Waals surface area contributed by atoms with Crippen molar-refractivity contribution >= 4 is 5.91 Å². The van der Waals surface area contributed by atoms with Gasteiger partial charge in [0.2, 0.25) is 5.91 Å². The summed E-state index contributed by atoms with van der Waals surface area (Å²) >= 11 is 0. The van der Waals surface area contributed by atoms with E-state index in [4.69, 9.17) is 0 Å². The molecule has 0 radical (unpaired) electrons. The van der Waals surface area contributed by atoms with Gasteiger partial charge < -0.3 is 10.4 Å². The summed E-state index contributed by atoms with van der Waals surface area (Å²) in [6, 6.07) is 8.21. The molecule has 0 fully saturated rings. The van der Waals surface area contributed by atoms with Crippen molar-refractivity contribution in [2.24, 2.45) is 11.8 Å². The van der Waals surface area contributed by atoms with Crippen molar-refractivity contribution in [1.82, 2.24) is 5.32 Å². The molecule has 0 heterocycles. The average Bonchev–Trinajstić information content (AvgIpc) is 2.43. The van der Waals surface area contributed by atoms with Crippen molar-refractivity contribution < 1.29 is 9.90 Å². The molecule has 2 atom stereocenters. The fourth-order valence-electron chi connectivity index (χ4n) is 2.65. The van der Waals surface area contributed by atoms with Crippen LogP contribution in [0.2, 0.25) is 0 Å². The van der Waals surface area contributed by atoms with E-state index in [0.717, 1.165) is 19.3 Å². The number of carbonyl (C=O) groups excluding carboxylic acids is 1. The summed E-state index contributed by atoms with van der Waals surface area (Å²) < 4.78 is 0. The second kappa shape index (κ2) is 6.20. The Morgan fingerprint density at radius 1 is 1.37 bits per heavy atom. The van der Waals surface area contributed by atoms with E-state index in [0.29, 0.717) is 0 Å². The number of aliphatic hydroxyl groups is 1. The molecule has 3 nitrogen and oxygen atoms in total. The highest BCUT2D eigenvalue weighted by atomic mass is 16.3. The van der Waals surface area contributed by atoms with Gasteiger partial charge >= 0.3 is 0 Å². The number of fused-ring (bicyclic) bond motifs is 1. The number of aryl methyl sites for hydroxylation is 1. The maximum atomic E-state index is 12.3. The lowest BCUT2D eigenvalue weighted by molar-refractivity contribution is -0.126. The topological polar surface area (TPSA) is 49.3 Å². The van der Waals surface area contributed by atoms with E-state index in [1.165, 1.54) is 11.1 Å². The Kier molecular flexibility index (Phi) is 4.59. The lowest BCUT2D eigenvalue weighted by Crippen LogP contribution is -2.45. The third kappa shape index (κ3) is 3.35. The molecular weight excluding hydrogens is 238 g/mol. The van der Waals surface area contributed by atoms with Crippen molar-refractivity contribution in [3.05, 3.63) is 35.4 Å². The largest absolute Gasteiger partial charge is 0.394 e. The molecule has 2 N–H and O–H groups in total. The maximum absolute atomic E-state index is 12.3. The van der Waals surface area contributed by atoms with Crippen molar-refractivity contribution in [2.75, 3.05) is 6.61 Å². The SMILES string of the molecule is CC(C)C(CO)NC(=O)C1CCc2ccccc2C1. The number of aliphatic hydroxyl groups excluding tert-OH is 1. The highest BCUT2D eigenvalue weighted by Crippen LogP contribution is 2.25. The van der Waals surface area contributed by atoms with Gasteiger partial charge in [-0.25, -0.2) is 0 Å². The molecule has 0 spiro atoms. The molecular formula is C16H23NO2. The predicted octanol–water partition coefficient (Wildman–Crippen LogP) is 1.92. The van der Waals surface area contributed by atoms with Gasteiger partial charge in [0.1, 0.15) is 0 Å². The van der Waals surface area contributed by atoms with Gasteiger partial charge in [-0.2, -0.15) is 0 Å². The Morgan fingerprint density at radius 3 is 2.68 bits per heavy atom. The zero-order valence-electron chi connectivity index (χ0n) is 11.7. The molecule has 0 aromatic heterocycles. The number of amides is 1. The van der Waals surface area contributed by atoms with Crippen LogP contribution < -0.4 is 5.32 Å². The Hall–Kier alpha value is -1.35. The Balaban J connectivity index is 1.99. The molecule has 2 rings (SSSR count). The molecule has 0 saturated heterocycles. The molecule has 1 aliphatic carbocycles. The highest BCUT2D eigenvalue weighted by Gasteiger charge is 2.26. The Morgan fingerprint density at radius 2 is 2.05 bits per heavy atom. The van der Waals surface area contributed by atoms with Gasteiger partial charge in [-0.1, -0.05) is 38.1 Å². The number of carbonyl (C=O) groups is 1. The predicted molar refractivity (Wildman–Crippen MR) is 75.8 cm³/mol. The molecule has 1 amide bonds. The third-order valence-corrected chi connectivity index (χ3v) is 4.05. The number of rotatable bonds is 4. The minimum atomic E-state index is -0.135. The molecule has 0 saturated carbocycles. The van der Waals surface area contributed by atoms with Gasteiger partial charge in [-0.3, -0.25) is 4.79 Å². The van der Waals surface area contributed by atoms with Crippen LogP contribution in [0.15, 0.2) is 24.3 Å². The molecule has 19 heavy (non-hydrogen) atoms. The molecule has 0 bridgehead atoms. The second-order valence-electron chi connectivity index (χ2n) is 5.75. The zero-order chi connectivity index (χ0) is 13.8. The molecule has 1 aromatic rings. The highest BCUT2D eigenvalue weighted by molar-refractivity contribution is 5.79. The van der Waals surface area contributed by atoms with Crippen LogP contribution in [-0.2, 0) is 17.6 Å². The first-order valence-electron chi connectivity index (χ1n) is 7.09. The van der Waals surface area contributed by atoms with Gasteiger partial charge in [0.05, 0.1) is 12.6 Å². The molecule has 1 aromatic carbocycles. The molecule has 0 aliphatic heterocycles. The quantitative estimate of drug-likeness (QED) is 0.870. The Labute approximate surface area is 115 Å². The van der Waals surface area contributed by atoms with Crippen LogP contribution in [0.4, 0.5) is 0 Å². The van der Waals surface area contributed by atoms with E-state index in [2.05, 4.69) is 23.5 Å². The summed E-state index contributed by atoms with van der Waals surface area (Å²) in [4.78, 5) is 12.3. The minimum Gasteiger partial charge on any atom is -0.394 e. The van der Waals surface area contributed by atoms with Crippen LogP contribution in [0.1, 0.15) is 31.4 Å². The number of hydrogen-bond donors (Lipinski definition) is 2. The van der Waals surface area contributed by atoms with Gasteiger partial charge in [0.15, 0.2) is 0 Å². The lowest BCUT2D eigenvalue weighted by Gasteiger charge is -2.27. The number of nitrogens with one attached hydrogen (secondary N) is 1. The third-order valence-electron chi connectivity index (χ3n) is 4.05. The summed E-state index contributed by atoms with van der Waals surface area (Å²) in [6.07, 6.45) is 2.69. The monoisotopic (exact) mass is 261 g/mol. The molecule has 104 valence electrons. The van der Waals surface area contributed by atoms with Crippen molar-refractivity contribution in [1.29, 1.82) is 0 Å². The van der Waals surface area contributed by atoms with Crippen LogP contribution in [0, 0.1) is 11.8 Å². The van der Waals surface area contributed by atoms with Crippen LogP contribution >= 0.6 is 0 Å². The summed E-state index contributed by atoms with van der Waals surface area (Å²) in [5.74, 6) is 0.384. The lowest BCUT2D eigenvalue weighted by atomic mass is 9.83. The van der Waals surface area contributed by atoms with Crippen LogP contribution in [-0.4, -0.2) is 23.7 Å². The van der Waals surface area contributed by atoms with Crippen molar-refractivity contribution in [2.45, 2.75) is 39.2 Å². The number of benzene rings is 1. The van der Waals surface area contributed by atoms with Crippen LogP contribution in [0.3, 0.4) is 0 Å². The fourth-order valence-corrected chi connectivity index (χ4v) is 2.65. The fraction of sp³-hybridized carbons (Fsp3) is 0.562. The summed E-state index contributed by atoms with van der Waals surface area (Å²) in [6.45, 7) is 4.03. The van der Waals surface area contributed by atoms with Crippen molar-refractivity contribution in [3.8, 4) is 0 Å². The van der Waals surface area contributed by atoms with Crippen LogP contribution in [0.5, 0.6) is 0 Å². The van der Waals surface area contributed by atoms with E-state index in [1.807, 2.05) is 19.9 Å². The second-order valence-corrected chi connectivity index (χ2v) is 5.75. The maximum Gasteiger partial charge on any atom is 0.223 e. The summed E-state index contributed by atoms with van der Waals surface area (Å²) in [5, 5.41) is 12.3. The molecule has 3 heteroatoms. The first-order chi connectivity index (χ1) is 9.11. The van der Waals surface area contributed by atoms with E-state index in [1.54, 1.807) is 0 Å². The first-order valence-corrected chi connectivity index (χ1v) is 7.09. The van der Waals surface area contributed by atoms with Gasteiger partial charge in [0, 0.05) is 5.92 Å². The number of hydrogen-bond acceptors (Lipinski definition) is 2. The van der Waals surface area contributed by atoms with Gasteiger partial charge in [0.25, 0.3) is 0 Å². The minimum absolute atomic E-state index is 0.00666. The average molecular weight is 261 g/mol. The standard InChI is InChI=1S/C16H23NO2/c1-11(2)15(10-18)17-16(19)14-8-7-12-5-3-4-6-13(12)9-14/h3-6,11,14-15,18H,7-10H2,1-2H3,(H,17,19). The smallest absolute Gasteiger partial charge is 0.223 e. The Bertz CT molecular complexity index is 442. The van der Waals surface area contributed by atoms with Gasteiger partial charge in [-0.15, -0.1) is 0 Å². The van der Waals surface area contributed by atoms with E-state index in [9.17, 15) is 9.90 Å². The normalized spacial score (nSPS) is 19.9. The van der Waals surface area contributed by atoms with Crippen LogP contribution in [0.25, 0.3) is 0 Å². The summed E-state index contributed by atoms with van der Waals surface area (Å²) in [5.41, 5.74) is 2.66. The molecule has 1 aliphatic rings. The zero-order valence-corrected chi connectivity index (χ0v) is 11.7. The first kappa shape index (κ1) is 14.1. The molecule has 2 unspecified atom stereocenters. The van der Waals surface area contributed by atoms with E-state index < -0.39 is 0 Å². The van der Waals surface area contributed by atoms with Gasteiger partial charge in [-0.05, 0) is 36.3 Å². The van der Waals surface area contributed by atoms with E-state index >= 15 is 0 Å².